The van der Waals surface area contributed by atoms with Gasteiger partial charge in [-0.05, 0) is 24.4 Å². The number of benzene rings is 1. The Hall–Kier alpha value is -2.41. The van der Waals surface area contributed by atoms with Gasteiger partial charge in [-0.1, -0.05) is 18.2 Å². The molecule has 0 radical (unpaired) electrons. The number of para-hydroxylation sites is 1. The lowest BCUT2D eigenvalue weighted by atomic mass is 10.2. The van der Waals surface area contributed by atoms with Gasteiger partial charge in [0.1, 0.15) is 0 Å². The lowest BCUT2D eigenvalue weighted by Gasteiger charge is -2.08. The molecule has 1 amide bonds. The van der Waals surface area contributed by atoms with Crippen LogP contribution in [0.2, 0.25) is 0 Å². The largest absolute Gasteiger partial charge is 0.494 e. The number of aromatic hydroxyl groups is 1. The Balaban J connectivity index is 2.43. The quantitative estimate of drug-likeness (QED) is 0.724. The third-order valence-corrected chi connectivity index (χ3v) is 2.93. The van der Waals surface area contributed by atoms with Crippen LogP contribution in [0.4, 0.5) is 5.69 Å². The second-order valence-electron chi connectivity index (χ2n) is 3.84. The number of aromatic amines is 1. The smallest absolute Gasteiger partial charge is 0.268 e. The fourth-order valence-electron chi connectivity index (χ4n) is 1.53. The number of carbonyl (C=O) groups is 1. The third-order valence-electron chi connectivity index (χ3n) is 2.55. The van der Waals surface area contributed by atoms with Crippen LogP contribution >= 0.6 is 12.2 Å². The van der Waals surface area contributed by atoms with Crippen LogP contribution < -0.4 is 10.9 Å². The number of aromatic nitrogens is 2. The van der Waals surface area contributed by atoms with Crippen molar-refractivity contribution < 1.29 is 9.90 Å². The second-order valence-corrected chi connectivity index (χ2v) is 4.22. The average molecular weight is 277 g/mol. The molecule has 7 heteroatoms. The molecule has 0 bridgehead atoms. The summed E-state index contributed by atoms with van der Waals surface area (Å²) in [5.41, 5.74) is -0.578. The summed E-state index contributed by atoms with van der Waals surface area (Å²) in [7, 11) is 1.45. The van der Waals surface area contributed by atoms with Crippen molar-refractivity contribution in [1.82, 2.24) is 9.55 Å². The molecule has 1 aromatic carbocycles. The van der Waals surface area contributed by atoms with E-state index in [1.165, 1.54) is 7.05 Å². The van der Waals surface area contributed by atoms with Crippen molar-refractivity contribution in [3.05, 3.63) is 51.0 Å². The highest BCUT2D eigenvalue weighted by Crippen LogP contribution is 2.13. The van der Waals surface area contributed by atoms with E-state index in [4.69, 9.17) is 12.2 Å². The summed E-state index contributed by atoms with van der Waals surface area (Å²) in [6, 6.07) is 8.62. The highest BCUT2D eigenvalue weighted by Gasteiger charge is 2.18. The number of anilines is 1. The minimum Gasteiger partial charge on any atom is -0.494 e. The molecule has 19 heavy (non-hydrogen) atoms. The summed E-state index contributed by atoms with van der Waals surface area (Å²) in [4.78, 5) is 26.0. The summed E-state index contributed by atoms with van der Waals surface area (Å²) in [6.07, 6.45) is 0. The molecule has 0 spiro atoms. The van der Waals surface area contributed by atoms with E-state index < -0.39 is 17.3 Å². The van der Waals surface area contributed by atoms with Crippen LogP contribution in [0.25, 0.3) is 0 Å². The lowest BCUT2D eigenvalue weighted by molar-refractivity contribution is 0.102. The van der Waals surface area contributed by atoms with E-state index >= 15 is 0 Å². The Morgan fingerprint density at radius 1 is 1.37 bits per heavy atom. The maximum Gasteiger partial charge on any atom is 0.268 e. The number of nitrogens with one attached hydrogen (secondary N) is 2. The molecule has 98 valence electrons. The number of rotatable bonds is 2. The van der Waals surface area contributed by atoms with Gasteiger partial charge in [-0.2, -0.15) is 0 Å². The molecule has 2 aromatic rings. The molecular formula is C12H11N3O3S. The van der Waals surface area contributed by atoms with Crippen molar-refractivity contribution >= 4 is 23.8 Å². The van der Waals surface area contributed by atoms with Crippen molar-refractivity contribution in [2.45, 2.75) is 0 Å². The van der Waals surface area contributed by atoms with Crippen LogP contribution in [0.15, 0.2) is 35.1 Å². The standard InChI is InChI=1S/C12H11N3O3S/c1-15-11(18)8(10(17)14-12(15)19)9(16)13-7-5-3-2-4-6-7/h2-6,18H,1H3,(H,13,16)(H,14,17,19). The first kappa shape index (κ1) is 13.0. The van der Waals surface area contributed by atoms with E-state index in [-0.39, 0.29) is 10.3 Å². The van der Waals surface area contributed by atoms with Crippen molar-refractivity contribution in [3.8, 4) is 5.88 Å². The molecule has 0 aliphatic rings. The summed E-state index contributed by atoms with van der Waals surface area (Å²) >= 11 is 4.82. The summed E-state index contributed by atoms with van der Waals surface area (Å²) < 4.78 is 1.19. The van der Waals surface area contributed by atoms with Crippen LogP contribution in [-0.2, 0) is 7.05 Å². The Kier molecular flexibility index (Phi) is 3.48. The monoisotopic (exact) mass is 277 g/mol. The molecule has 0 saturated heterocycles. The average Bonchev–Trinajstić information content (AvgIpc) is 2.37. The van der Waals surface area contributed by atoms with Crippen LogP contribution in [0, 0.1) is 4.77 Å². The highest BCUT2D eigenvalue weighted by molar-refractivity contribution is 7.71. The van der Waals surface area contributed by atoms with E-state index in [0.717, 1.165) is 4.57 Å². The molecule has 1 aromatic heterocycles. The number of nitrogens with zero attached hydrogens (tertiary/aromatic N) is 1. The lowest BCUT2D eigenvalue weighted by Crippen LogP contribution is -2.25. The van der Waals surface area contributed by atoms with Gasteiger partial charge in [0, 0.05) is 12.7 Å². The Morgan fingerprint density at radius 2 is 2.00 bits per heavy atom. The summed E-state index contributed by atoms with van der Waals surface area (Å²) in [5.74, 6) is -1.17. The van der Waals surface area contributed by atoms with E-state index in [1.54, 1.807) is 30.3 Å². The molecule has 0 unspecified atom stereocenters. The van der Waals surface area contributed by atoms with Gasteiger partial charge < -0.3 is 10.4 Å². The van der Waals surface area contributed by atoms with Gasteiger partial charge in [-0.25, -0.2) is 0 Å². The number of H-pyrrole nitrogens is 1. The van der Waals surface area contributed by atoms with Crippen molar-refractivity contribution in [2.24, 2.45) is 7.05 Å². The van der Waals surface area contributed by atoms with E-state index in [2.05, 4.69) is 10.3 Å². The zero-order valence-corrected chi connectivity index (χ0v) is 10.8. The molecule has 0 saturated carbocycles. The van der Waals surface area contributed by atoms with Gasteiger partial charge in [0.05, 0.1) is 0 Å². The maximum absolute atomic E-state index is 12.0. The van der Waals surface area contributed by atoms with Crippen LogP contribution in [0.1, 0.15) is 10.4 Å². The Bertz CT molecular complexity index is 734. The Labute approximate surface area is 113 Å². The van der Waals surface area contributed by atoms with E-state index in [1.807, 2.05) is 0 Å². The summed E-state index contributed by atoms with van der Waals surface area (Å²) in [5, 5.41) is 12.3. The van der Waals surface area contributed by atoms with Crippen molar-refractivity contribution in [3.63, 3.8) is 0 Å². The van der Waals surface area contributed by atoms with Gasteiger partial charge >= 0.3 is 0 Å². The number of amides is 1. The zero-order chi connectivity index (χ0) is 14.0. The molecule has 6 nitrogen and oxygen atoms in total. The number of carbonyl (C=O) groups excluding carboxylic acids is 1. The molecule has 0 atom stereocenters. The molecule has 0 aliphatic heterocycles. The first-order valence-corrected chi connectivity index (χ1v) is 5.80. The first-order chi connectivity index (χ1) is 9.00. The molecular weight excluding hydrogens is 266 g/mol. The van der Waals surface area contributed by atoms with Crippen LogP contribution in [0.5, 0.6) is 5.88 Å². The SMILES string of the molecule is Cn1c(O)c(C(=O)Nc2ccccc2)c(=O)[nH]c1=S. The van der Waals surface area contributed by atoms with E-state index in [9.17, 15) is 14.7 Å². The van der Waals surface area contributed by atoms with Gasteiger partial charge in [-0.3, -0.25) is 19.1 Å². The van der Waals surface area contributed by atoms with E-state index in [0.29, 0.717) is 5.69 Å². The van der Waals surface area contributed by atoms with Gasteiger partial charge in [0.2, 0.25) is 5.88 Å². The third kappa shape index (κ3) is 2.55. The summed E-state index contributed by atoms with van der Waals surface area (Å²) in [6.45, 7) is 0. The predicted molar refractivity (Wildman–Crippen MR) is 72.9 cm³/mol. The van der Waals surface area contributed by atoms with Crippen LogP contribution in [-0.4, -0.2) is 20.6 Å². The van der Waals surface area contributed by atoms with Gasteiger partial charge in [-0.15, -0.1) is 0 Å². The van der Waals surface area contributed by atoms with Crippen LogP contribution in [0.3, 0.4) is 0 Å². The first-order valence-electron chi connectivity index (χ1n) is 5.39. The van der Waals surface area contributed by atoms with Gasteiger partial charge in [0.15, 0.2) is 10.3 Å². The zero-order valence-electron chi connectivity index (χ0n) is 10.0. The highest BCUT2D eigenvalue weighted by atomic mass is 32.1. The normalized spacial score (nSPS) is 10.2. The van der Waals surface area contributed by atoms with Gasteiger partial charge in [0.25, 0.3) is 11.5 Å². The fourth-order valence-corrected chi connectivity index (χ4v) is 1.71. The Morgan fingerprint density at radius 3 is 2.63 bits per heavy atom. The second kappa shape index (κ2) is 5.07. The number of hydrogen-bond donors (Lipinski definition) is 3. The number of hydrogen-bond acceptors (Lipinski definition) is 4. The molecule has 2 rings (SSSR count). The topological polar surface area (TPSA) is 87.1 Å². The predicted octanol–water partition coefficient (Wildman–Crippen LogP) is 1.40. The minimum absolute atomic E-state index is 0.0405. The minimum atomic E-state index is -0.728. The molecule has 1 heterocycles. The van der Waals surface area contributed by atoms with Crippen molar-refractivity contribution in [2.75, 3.05) is 5.32 Å². The van der Waals surface area contributed by atoms with Crippen molar-refractivity contribution in [1.29, 1.82) is 0 Å². The molecule has 0 fully saturated rings. The maximum atomic E-state index is 12.0. The fraction of sp³-hybridized carbons (Fsp3) is 0.0833. The molecule has 3 N–H and O–H groups in total. The molecule has 0 aliphatic carbocycles.